The molecule has 0 aliphatic rings. The van der Waals surface area contributed by atoms with Crippen LogP contribution in [0.25, 0.3) is 22.0 Å². The predicted molar refractivity (Wildman–Crippen MR) is 172 cm³/mol. The third-order valence-corrected chi connectivity index (χ3v) is 7.01. The van der Waals surface area contributed by atoms with Gasteiger partial charge in [-0.1, -0.05) is 50.2 Å². The Balaban J connectivity index is 0.000000541. The highest BCUT2D eigenvalue weighted by Gasteiger charge is 2.25. The Hall–Kier alpha value is -4.92. The molecule has 8 nitrogen and oxygen atoms in total. The zero-order valence-electron chi connectivity index (χ0n) is 25.3. The number of nitrogens with one attached hydrogen (secondary N) is 2. The molecule has 2 heterocycles. The van der Waals surface area contributed by atoms with E-state index in [-0.39, 0.29) is 11.7 Å². The summed E-state index contributed by atoms with van der Waals surface area (Å²) in [6.07, 6.45) is 4.80. The molecule has 43 heavy (non-hydrogen) atoms. The quantitative estimate of drug-likeness (QED) is 0.173. The zero-order chi connectivity index (χ0) is 30.9. The Labute approximate surface area is 252 Å². The number of nitrogens with zero attached hydrogens (tertiary/aromatic N) is 3. The number of nitrogens with two attached hydrogens (primary N) is 1. The minimum absolute atomic E-state index is 0.181. The number of imidazole rings is 1. The molecule has 0 aliphatic heterocycles. The number of carbonyl (C=O) groups is 1. The number of pyridine rings is 1. The van der Waals surface area contributed by atoms with Crippen molar-refractivity contribution in [3.8, 4) is 17.0 Å². The van der Waals surface area contributed by atoms with Crippen molar-refractivity contribution in [2.45, 2.75) is 39.7 Å². The molecule has 5 aromatic rings. The summed E-state index contributed by atoms with van der Waals surface area (Å²) in [6.45, 7) is 6.11. The fraction of sp³-hybridized carbons (Fsp3) is 0.265. The van der Waals surface area contributed by atoms with Crippen LogP contribution in [-0.4, -0.2) is 46.5 Å². The fourth-order valence-electron chi connectivity index (χ4n) is 4.67. The van der Waals surface area contributed by atoms with Gasteiger partial charge in [0.2, 0.25) is 5.91 Å². The number of nitrogen functional groups attached to an aromatic ring is 1. The van der Waals surface area contributed by atoms with Crippen LogP contribution in [0.3, 0.4) is 0 Å². The normalized spacial score (nSPS) is 11.4. The van der Waals surface area contributed by atoms with Crippen molar-refractivity contribution in [2.75, 3.05) is 31.8 Å². The Morgan fingerprint density at radius 1 is 1.05 bits per heavy atom. The molecule has 1 amide bonds. The molecule has 5 rings (SSSR count). The predicted octanol–water partition coefficient (Wildman–Crippen LogP) is 6.99. The Morgan fingerprint density at radius 2 is 1.81 bits per heavy atom. The number of benzene rings is 3. The molecule has 3 aromatic carbocycles. The van der Waals surface area contributed by atoms with Gasteiger partial charge in [-0.05, 0) is 60.2 Å². The topological polar surface area (TPSA) is 109 Å². The van der Waals surface area contributed by atoms with Crippen LogP contribution in [-0.2, 0) is 11.2 Å². The van der Waals surface area contributed by atoms with E-state index < -0.39 is 11.9 Å². The van der Waals surface area contributed by atoms with Gasteiger partial charge >= 0.3 is 0 Å². The maximum atomic E-state index is 15.8. The van der Waals surface area contributed by atoms with E-state index in [1.165, 1.54) is 0 Å². The van der Waals surface area contributed by atoms with Gasteiger partial charge in [-0.15, -0.1) is 0 Å². The fourth-order valence-corrected chi connectivity index (χ4v) is 4.67. The molecule has 1 atom stereocenters. The van der Waals surface area contributed by atoms with Crippen molar-refractivity contribution in [1.29, 1.82) is 0 Å². The Kier molecular flexibility index (Phi) is 10.3. The van der Waals surface area contributed by atoms with E-state index >= 15 is 4.39 Å². The SMILES string of the molecule is CCC(=O)N(C)C.CCOc1cc(CC)cc(C(Nc2ccc3c(N)nccc3c2)c2ncc(-c3ccccc3)[nH]2)c1F. The van der Waals surface area contributed by atoms with Gasteiger partial charge in [0, 0.05) is 43.4 Å². The number of halogens is 1. The van der Waals surface area contributed by atoms with Gasteiger partial charge in [-0.2, -0.15) is 0 Å². The molecule has 0 fully saturated rings. The van der Waals surface area contributed by atoms with Crippen molar-refractivity contribution < 1.29 is 13.9 Å². The second kappa shape index (κ2) is 14.3. The summed E-state index contributed by atoms with van der Waals surface area (Å²) in [5.41, 5.74) is 10.1. The smallest absolute Gasteiger partial charge is 0.221 e. The summed E-state index contributed by atoms with van der Waals surface area (Å²) >= 11 is 0. The minimum Gasteiger partial charge on any atom is -0.491 e. The summed E-state index contributed by atoms with van der Waals surface area (Å²) in [7, 11) is 3.51. The van der Waals surface area contributed by atoms with Crippen molar-refractivity contribution in [3.63, 3.8) is 0 Å². The number of amides is 1. The monoisotopic (exact) mass is 582 g/mol. The number of aromatic amines is 1. The van der Waals surface area contributed by atoms with Crippen molar-refractivity contribution in [2.24, 2.45) is 0 Å². The van der Waals surface area contributed by atoms with E-state index in [1.54, 1.807) is 37.5 Å². The molecule has 0 aliphatic carbocycles. The largest absolute Gasteiger partial charge is 0.491 e. The molecule has 0 saturated carbocycles. The van der Waals surface area contributed by atoms with Crippen molar-refractivity contribution in [3.05, 3.63) is 102 Å². The third-order valence-electron chi connectivity index (χ3n) is 7.01. The van der Waals surface area contributed by atoms with E-state index in [0.717, 1.165) is 39.7 Å². The summed E-state index contributed by atoms with van der Waals surface area (Å²) in [5, 5.41) is 5.30. The zero-order valence-corrected chi connectivity index (χ0v) is 25.3. The highest BCUT2D eigenvalue weighted by molar-refractivity contribution is 5.93. The number of hydrogen-bond donors (Lipinski definition) is 3. The first-order valence-electron chi connectivity index (χ1n) is 14.4. The first kappa shape index (κ1) is 31.0. The van der Waals surface area contributed by atoms with Crippen molar-refractivity contribution >= 4 is 28.2 Å². The summed E-state index contributed by atoms with van der Waals surface area (Å²) in [6, 6.07) is 20.7. The number of aryl methyl sites for hydroxylation is 1. The minimum atomic E-state index is -0.593. The van der Waals surface area contributed by atoms with E-state index in [1.807, 2.05) is 81.4 Å². The van der Waals surface area contributed by atoms with Gasteiger partial charge in [-0.25, -0.2) is 14.4 Å². The van der Waals surface area contributed by atoms with E-state index in [9.17, 15) is 4.79 Å². The first-order valence-corrected chi connectivity index (χ1v) is 14.4. The molecule has 9 heteroatoms. The van der Waals surface area contributed by atoms with Gasteiger partial charge in [0.15, 0.2) is 11.6 Å². The molecular formula is C34H39FN6O2. The highest BCUT2D eigenvalue weighted by Crippen LogP contribution is 2.34. The molecule has 1 unspecified atom stereocenters. The number of fused-ring (bicyclic) bond motifs is 1. The van der Waals surface area contributed by atoms with Crippen LogP contribution < -0.4 is 15.8 Å². The standard InChI is InChI=1S/C29H28FN5O.C5H11NO/c1-3-18-14-23(26(30)25(15-18)36-4-2)27(29-33-17-24(35-29)19-8-6-5-7-9-19)34-21-10-11-22-20(16-21)12-13-32-28(22)31;1-4-5(7)6(2)3/h5-17,27,34H,3-4H2,1-2H3,(H2,31,32)(H,33,35);4H2,1-3H3. The van der Waals surface area contributed by atoms with E-state index in [0.29, 0.717) is 30.2 Å². The number of H-pyrrole nitrogens is 1. The Bertz CT molecular complexity index is 1670. The van der Waals surface area contributed by atoms with E-state index in [4.69, 9.17) is 10.5 Å². The molecule has 0 bridgehead atoms. The van der Waals surface area contributed by atoms with Gasteiger partial charge in [-0.3, -0.25) is 4.79 Å². The molecule has 4 N–H and O–H groups in total. The number of hydrogen-bond acceptors (Lipinski definition) is 6. The highest BCUT2D eigenvalue weighted by atomic mass is 19.1. The Morgan fingerprint density at radius 3 is 2.47 bits per heavy atom. The number of carbonyl (C=O) groups excluding carboxylic acids is 1. The van der Waals surface area contributed by atoms with Gasteiger partial charge in [0.1, 0.15) is 17.7 Å². The summed E-state index contributed by atoms with van der Waals surface area (Å²) in [5.74, 6) is 1.08. The van der Waals surface area contributed by atoms with Crippen LogP contribution in [0.1, 0.15) is 50.2 Å². The molecule has 0 spiro atoms. The molecule has 224 valence electrons. The maximum Gasteiger partial charge on any atom is 0.221 e. The number of aromatic nitrogens is 3. The lowest BCUT2D eigenvalue weighted by molar-refractivity contribution is -0.128. The van der Waals surface area contributed by atoms with Crippen LogP contribution >= 0.6 is 0 Å². The number of anilines is 2. The molecular weight excluding hydrogens is 543 g/mol. The van der Waals surface area contributed by atoms with Crippen LogP contribution in [0.2, 0.25) is 0 Å². The maximum absolute atomic E-state index is 15.8. The number of ether oxygens (including phenoxy) is 1. The number of rotatable bonds is 9. The summed E-state index contributed by atoms with van der Waals surface area (Å²) < 4.78 is 21.5. The third kappa shape index (κ3) is 7.48. The molecule has 0 radical (unpaired) electrons. The van der Waals surface area contributed by atoms with Gasteiger partial charge in [0.05, 0.1) is 18.5 Å². The lowest BCUT2D eigenvalue weighted by Gasteiger charge is -2.22. The van der Waals surface area contributed by atoms with Crippen LogP contribution in [0.15, 0.2) is 79.1 Å². The average Bonchev–Trinajstić information content (AvgIpc) is 3.52. The van der Waals surface area contributed by atoms with Crippen LogP contribution in [0.4, 0.5) is 15.9 Å². The van der Waals surface area contributed by atoms with Crippen molar-refractivity contribution in [1.82, 2.24) is 19.9 Å². The summed E-state index contributed by atoms with van der Waals surface area (Å²) in [4.78, 5) is 24.2. The second-order valence-corrected chi connectivity index (χ2v) is 10.2. The van der Waals surface area contributed by atoms with Gasteiger partial charge in [0.25, 0.3) is 0 Å². The molecule has 0 saturated heterocycles. The van der Waals surface area contributed by atoms with Crippen LogP contribution in [0, 0.1) is 5.82 Å². The lowest BCUT2D eigenvalue weighted by atomic mass is 9.99. The van der Waals surface area contributed by atoms with Crippen LogP contribution in [0.5, 0.6) is 5.75 Å². The lowest BCUT2D eigenvalue weighted by Crippen LogP contribution is -2.19. The average molecular weight is 583 g/mol. The van der Waals surface area contributed by atoms with E-state index in [2.05, 4.69) is 20.3 Å². The second-order valence-electron chi connectivity index (χ2n) is 10.2. The van der Waals surface area contributed by atoms with Gasteiger partial charge < -0.3 is 25.7 Å². The molecule has 2 aromatic heterocycles. The first-order chi connectivity index (χ1) is 20.7.